The number of benzene rings is 1. The minimum atomic E-state index is -0.437. The van der Waals surface area contributed by atoms with Crippen molar-refractivity contribution in [1.29, 1.82) is 0 Å². The van der Waals surface area contributed by atoms with Gasteiger partial charge in [0.15, 0.2) is 0 Å². The van der Waals surface area contributed by atoms with Gasteiger partial charge in [-0.2, -0.15) is 0 Å². The van der Waals surface area contributed by atoms with Gasteiger partial charge < -0.3 is 10.6 Å². The summed E-state index contributed by atoms with van der Waals surface area (Å²) in [5.74, 6) is -0.000402. The minimum absolute atomic E-state index is 0.436. The lowest BCUT2D eigenvalue weighted by Crippen LogP contribution is -2.34. The van der Waals surface area contributed by atoms with Crippen LogP contribution in [0.3, 0.4) is 0 Å². The number of piperidine rings is 1. The predicted molar refractivity (Wildman–Crippen MR) is 102 cm³/mol. The first-order valence-electron chi connectivity index (χ1n) is 8.16. The van der Waals surface area contributed by atoms with Crippen LogP contribution in [0.4, 0.5) is 5.69 Å². The molecular weight excluding hydrogens is 356 g/mol. The van der Waals surface area contributed by atoms with Crippen LogP contribution in [0.1, 0.15) is 34.1 Å². The normalized spacial score (nSPS) is 15.6. The number of carbonyl (C=O) groups excluding carboxylic acids is 1. The summed E-state index contributed by atoms with van der Waals surface area (Å²) >= 11 is 7.80. The average molecular weight is 373 g/mol. The average Bonchev–Trinajstić information content (AvgIpc) is 3.05. The van der Waals surface area contributed by atoms with Gasteiger partial charge in [0.25, 0.3) is 5.91 Å². The third-order valence-electron chi connectivity index (χ3n) is 4.61. The molecule has 3 aromatic rings. The summed E-state index contributed by atoms with van der Waals surface area (Å²) in [5, 5.41) is 1.89. The van der Waals surface area contributed by atoms with Crippen molar-refractivity contribution in [3.63, 3.8) is 0 Å². The van der Waals surface area contributed by atoms with Crippen molar-refractivity contribution < 1.29 is 4.79 Å². The molecule has 1 aliphatic heterocycles. The molecule has 0 aliphatic carbocycles. The van der Waals surface area contributed by atoms with Gasteiger partial charge in [-0.25, -0.2) is 4.98 Å². The number of pyridine rings is 1. The van der Waals surface area contributed by atoms with Crippen molar-refractivity contribution >= 4 is 44.7 Å². The quantitative estimate of drug-likeness (QED) is 0.758. The zero-order chi connectivity index (χ0) is 17.4. The molecule has 2 aromatic heterocycles. The van der Waals surface area contributed by atoms with E-state index in [0.29, 0.717) is 11.5 Å². The Morgan fingerprint density at radius 2 is 2.08 bits per heavy atom. The molecule has 0 radical (unpaired) electrons. The van der Waals surface area contributed by atoms with Crippen LogP contribution in [0.15, 0.2) is 36.7 Å². The lowest BCUT2D eigenvalue weighted by Gasteiger charge is -2.33. The lowest BCUT2D eigenvalue weighted by molar-refractivity contribution is 0.100. The fraction of sp³-hybridized carbons (Fsp3) is 0.278. The van der Waals surface area contributed by atoms with Gasteiger partial charge in [0.1, 0.15) is 0 Å². The monoisotopic (exact) mass is 372 g/mol. The van der Waals surface area contributed by atoms with E-state index in [0.717, 1.165) is 42.2 Å². The predicted octanol–water partition coefficient (Wildman–Crippen LogP) is 3.83. The Bertz CT molecular complexity index is 934. The van der Waals surface area contributed by atoms with Crippen molar-refractivity contribution in [2.45, 2.75) is 18.8 Å². The fourth-order valence-corrected chi connectivity index (χ4v) is 4.60. The standard InChI is InChI=1S/C18H17ClN4OS/c19-12-1-2-16-14(9-12)22-18(25-16)11-4-7-23(8-5-11)15-3-6-21-10-13(15)17(20)24/h1-3,6,9-11H,4-5,7-8H2,(H2,20,24). The van der Waals surface area contributed by atoms with Crippen molar-refractivity contribution in [2.75, 3.05) is 18.0 Å². The molecule has 2 N–H and O–H groups in total. The molecule has 1 fully saturated rings. The number of primary amides is 1. The van der Waals surface area contributed by atoms with E-state index in [2.05, 4.69) is 9.88 Å². The van der Waals surface area contributed by atoms with Crippen LogP contribution in [0, 0.1) is 0 Å². The number of nitrogens with two attached hydrogens (primary N) is 1. The molecule has 0 atom stereocenters. The van der Waals surface area contributed by atoms with Crippen LogP contribution in [0.2, 0.25) is 5.02 Å². The summed E-state index contributed by atoms with van der Waals surface area (Å²) in [5.41, 5.74) is 7.80. The number of hydrogen-bond acceptors (Lipinski definition) is 5. The van der Waals surface area contributed by atoms with E-state index in [1.54, 1.807) is 23.7 Å². The zero-order valence-corrected chi connectivity index (χ0v) is 15.1. The third-order valence-corrected chi connectivity index (χ3v) is 6.05. The van der Waals surface area contributed by atoms with Gasteiger partial charge in [0, 0.05) is 36.4 Å². The number of fused-ring (bicyclic) bond motifs is 1. The summed E-state index contributed by atoms with van der Waals surface area (Å²) in [7, 11) is 0. The maximum Gasteiger partial charge on any atom is 0.252 e. The summed E-state index contributed by atoms with van der Waals surface area (Å²) in [6.07, 6.45) is 5.23. The first-order valence-corrected chi connectivity index (χ1v) is 9.36. The Labute approximate surface area is 154 Å². The molecule has 1 aliphatic rings. The molecule has 25 heavy (non-hydrogen) atoms. The van der Waals surface area contributed by atoms with Crippen LogP contribution < -0.4 is 10.6 Å². The second-order valence-corrected chi connectivity index (χ2v) is 7.68. The number of anilines is 1. The first-order chi connectivity index (χ1) is 12.1. The largest absolute Gasteiger partial charge is 0.371 e. The first kappa shape index (κ1) is 16.3. The molecule has 5 nitrogen and oxygen atoms in total. The van der Waals surface area contributed by atoms with Gasteiger partial charge in [0.05, 0.1) is 26.5 Å². The number of halogens is 1. The highest BCUT2D eigenvalue weighted by Crippen LogP contribution is 2.36. The number of aromatic nitrogens is 2. The molecule has 7 heteroatoms. The number of hydrogen-bond donors (Lipinski definition) is 1. The van der Waals surface area contributed by atoms with Gasteiger partial charge in [-0.3, -0.25) is 9.78 Å². The SMILES string of the molecule is NC(=O)c1cnccc1N1CCC(c2nc3cc(Cl)ccc3s2)CC1. The number of rotatable bonds is 3. The van der Waals surface area contributed by atoms with E-state index in [4.69, 9.17) is 22.3 Å². The van der Waals surface area contributed by atoms with Crippen LogP contribution in [-0.2, 0) is 0 Å². The van der Waals surface area contributed by atoms with Crippen LogP contribution in [0.25, 0.3) is 10.2 Å². The summed E-state index contributed by atoms with van der Waals surface area (Å²) in [6, 6.07) is 7.72. The lowest BCUT2D eigenvalue weighted by atomic mass is 9.96. The highest BCUT2D eigenvalue weighted by Gasteiger charge is 2.25. The molecule has 128 valence electrons. The van der Waals surface area contributed by atoms with Gasteiger partial charge in [0.2, 0.25) is 0 Å². The molecule has 3 heterocycles. The number of thiazole rings is 1. The zero-order valence-electron chi connectivity index (χ0n) is 13.5. The molecular formula is C18H17ClN4OS. The second kappa shape index (κ2) is 6.61. The van der Waals surface area contributed by atoms with Crippen LogP contribution >= 0.6 is 22.9 Å². The summed E-state index contributed by atoms with van der Waals surface area (Å²) in [4.78, 5) is 22.6. The van der Waals surface area contributed by atoms with Crippen molar-refractivity contribution in [1.82, 2.24) is 9.97 Å². The summed E-state index contributed by atoms with van der Waals surface area (Å²) in [6.45, 7) is 1.73. The van der Waals surface area contributed by atoms with E-state index >= 15 is 0 Å². The van der Waals surface area contributed by atoms with E-state index < -0.39 is 5.91 Å². The molecule has 1 aromatic carbocycles. The van der Waals surface area contributed by atoms with Crippen LogP contribution in [0.5, 0.6) is 0 Å². The highest BCUT2D eigenvalue weighted by atomic mass is 35.5. The highest BCUT2D eigenvalue weighted by molar-refractivity contribution is 7.18. The van der Waals surface area contributed by atoms with E-state index in [1.165, 1.54) is 9.71 Å². The van der Waals surface area contributed by atoms with Gasteiger partial charge in [-0.15, -0.1) is 11.3 Å². The fourth-order valence-electron chi connectivity index (χ4n) is 3.31. The second-order valence-electron chi connectivity index (χ2n) is 6.18. The Kier molecular flexibility index (Phi) is 4.31. The molecule has 1 amide bonds. The van der Waals surface area contributed by atoms with Crippen molar-refractivity contribution in [2.24, 2.45) is 5.73 Å². The third kappa shape index (κ3) is 3.19. The maximum atomic E-state index is 11.6. The number of nitrogens with zero attached hydrogens (tertiary/aromatic N) is 3. The van der Waals surface area contributed by atoms with Crippen molar-refractivity contribution in [3.8, 4) is 0 Å². The van der Waals surface area contributed by atoms with E-state index in [-0.39, 0.29) is 0 Å². The molecule has 1 saturated heterocycles. The summed E-state index contributed by atoms with van der Waals surface area (Å²) < 4.78 is 1.17. The molecule has 0 unspecified atom stereocenters. The Morgan fingerprint density at radius 1 is 1.28 bits per heavy atom. The molecule has 4 rings (SSSR count). The minimum Gasteiger partial charge on any atom is -0.371 e. The molecule has 0 saturated carbocycles. The molecule has 0 spiro atoms. The Hall–Kier alpha value is -2.18. The van der Waals surface area contributed by atoms with Gasteiger partial charge >= 0.3 is 0 Å². The van der Waals surface area contributed by atoms with Gasteiger partial charge in [-0.05, 0) is 37.1 Å². The Morgan fingerprint density at radius 3 is 2.84 bits per heavy atom. The van der Waals surface area contributed by atoms with E-state index in [9.17, 15) is 4.79 Å². The topological polar surface area (TPSA) is 72.1 Å². The van der Waals surface area contributed by atoms with Crippen LogP contribution in [-0.4, -0.2) is 29.0 Å². The Balaban J connectivity index is 1.52. The van der Waals surface area contributed by atoms with Crippen molar-refractivity contribution in [3.05, 3.63) is 52.3 Å². The smallest absolute Gasteiger partial charge is 0.252 e. The molecule has 0 bridgehead atoms. The number of amides is 1. The van der Waals surface area contributed by atoms with Gasteiger partial charge in [-0.1, -0.05) is 11.6 Å². The number of carbonyl (C=O) groups is 1. The maximum absolute atomic E-state index is 11.6. The van der Waals surface area contributed by atoms with E-state index in [1.807, 2.05) is 24.3 Å².